The van der Waals surface area contributed by atoms with Crippen molar-refractivity contribution in [2.24, 2.45) is 0 Å². The zero-order valence-corrected chi connectivity index (χ0v) is 16.9. The van der Waals surface area contributed by atoms with Gasteiger partial charge in [-0.15, -0.1) is 0 Å². The molecule has 150 valence electrons. The van der Waals surface area contributed by atoms with Gasteiger partial charge in [-0.3, -0.25) is 0 Å². The van der Waals surface area contributed by atoms with E-state index in [-0.39, 0.29) is 5.39 Å². The highest BCUT2D eigenvalue weighted by Gasteiger charge is 2.06. The second-order valence-electron chi connectivity index (χ2n) is 6.83. The van der Waals surface area contributed by atoms with E-state index in [1.165, 1.54) is 0 Å². The average molecular weight is 408 g/mol. The van der Waals surface area contributed by atoms with Gasteiger partial charge >= 0.3 is 0 Å². The van der Waals surface area contributed by atoms with Crippen molar-refractivity contribution in [3.63, 3.8) is 0 Å². The van der Waals surface area contributed by atoms with Gasteiger partial charge in [-0.2, -0.15) is 0 Å². The highest BCUT2D eigenvalue weighted by Crippen LogP contribution is 2.21. The number of rotatable bonds is 2. The van der Waals surface area contributed by atoms with Gasteiger partial charge in [0.25, 0.3) is 0 Å². The van der Waals surface area contributed by atoms with E-state index in [4.69, 9.17) is 4.74 Å². The third-order valence-electron chi connectivity index (χ3n) is 4.66. The summed E-state index contributed by atoms with van der Waals surface area (Å²) in [7, 11) is 0. The quantitative estimate of drug-likeness (QED) is 0.353. The fourth-order valence-corrected chi connectivity index (χ4v) is 3.07. The lowest BCUT2D eigenvalue weighted by Crippen LogP contribution is -1.90. The Balaban J connectivity index is 1.48. The molecule has 0 fully saturated rings. The van der Waals surface area contributed by atoms with Crippen LogP contribution in [0.4, 0.5) is 8.78 Å². The van der Waals surface area contributed by atoms with Gasteiger partial charge in [0.15, 0.2) is 11.6 Å². The average Bonchev–Trinajstić information content (AvgIpc) is 2.80. The molecule has 0 aromatic heterocycles. The van der Waals surface area contributed by atoms with Crippen LogP contribution in [0.5, 0.6) is 5.75 Å². The van der Waals surface area contributed by atoms with Gasteiger partial charge in [-0.05, 0) is 79.0 Å². The van der Waals surface area contributed by atoms with Gasteiger partial charge in [-0.1, -0.05) is 35.8 Å². The molecule has 0 N–H and O–H groups in total. The van der Waals surface area contributed by atoms with Crippen molar-refractivity contribution in [3.8, 4) is 29.4 Å². The predicted molar refractivity (Wildman–Crippen MR) is 120 cm³/mol. The Hall–Kier alpha value is -4.08. The Morgan fingerprint density at radius 1 is 0.645 bits per heavy atom. The van der Waals surface area contributed by atoms with Crippen molar-refractivity contribution in [2.75, 3.05) is 6.61 Å². The maximum absolute atomic E-state index is 13.8. The smallest absolute Gasteiger partial charge is 0.166 e. The number of fused-ring (bicyclic) bond motifs is 1. The molecule has 0 amide bonds. The first kappa shape index (κ1) is 20.2. The highest BCUT2D eigenvalue weighted by atomic mass is 19.2. The molecule has 4 aromatic carbocycles. The minimum Gasteiger partial charge on any atom is -0.494 e. The first-order valence-electron chi connectivity index (χ1n) is 9.87. The summed E-state index contributed by atoms with van der Waals surface area (Å²) in [5.74, 6) is 11.6. The predicted octanol–water partition coefficient (Wildman–Crippen LogP) is 6.32. The molecular formula is C28H18F2O. The third kappa shape index (κ3) is 4.92. The normalized spacial score (nSPS) is 10.0. The van der Waals surface area contributed by atoms with Crippen molar-refractivity contribution in [3.05, 3.63) is 113 Å². The zero-order chi connectivity index (χ0) is 21.6. The number of benzene rings is 4. The fraction of sp³-hybridized carbons (Fsp3) is 0.0714. The van der Waals surface area contributed by atoms with E-state index in [9.17, 15) is 8.78 Å². The fourth-order valence-electron chi connectivity index (χ4n) is 3.07. The Morgan fingerprint density at radius 3 is 1.74 bits per heavy atom. The number of hydrogen-bond acceptors (Lipinski definition) is 1. The lowest BCUT2D eigenvalue weighted by molar-refractivity contribution is 0.340. The van der Waals surface area contributed by atoms with E-state index in [1.807, 2.05) is 55.5 Å². The largest absolute Gasteiger partial charge is 0.494 e. The molecule has 0 aliphatic heterocycles. The van der Waals surface area contributed by atoms with Crippen molar-refractivity contribution >= 4 is 10.8 Å². The van der Waals surface area contributed by atoms with Crippen LogP contribution in [0.3, 0.4) is 0 Å². The second-order valence-corrected chi connectivity index (χ2v) is 6.83. The van der Waals surface area contributed by atoms with E-state index >= 15 is 0 Å². The Morgan fingerprint density at radius 2 is 1.16 bits per heavy atom. The molecule has 4 rings (SSSR count). The Labute approximate surface area is 180 Å². The van der Waals surface area contributed by atoms with Crippen LogP contribution in [0, 0.1) is 35.3 Å². The summed E-state index contributed by atoms with van der Waals surface area (Å²) in [6.07, 6.45) is 0. The minimum absolute atomic E-state index is 0.251. The molecule has 0 unspecified atom stereocenters. The Kier molecular flexibility index (Phi) is 5.97. The molecule has 3 heteroatoms. The lowest BCUT2D eigenvalue weighted by atomic mass is 10.1. The van der Waals surface area contributed by atoms with Crippen LogP contribution in [0.2, 0.25) is 0 Å². The van der Waals surface area contributed by atoms with E-state index in [2.05, 4.69) is 23.7 Å². The molecule has 0 aliphatic carbocycles. The molecule has 0 saturated carbocycles. The van der Waals surface area contributed by atoms with Gasteiger partial charge in [0.1, 0.15) is 5.75 Å². The molecule has 1 nitrogen and oxygen atoms in total. The van der Waals surface area contributed by atoms with Crippen molar-refractivity contribution < 1.29 is 13.5 Å². The van der Waals surface area contributed by atoms with Gasteiger partial charge in [0.2, 0.25) is 0 Å². The molecular weight excluding hydrogens is 390 g/mol. The maximum atomic E-state index is 13.8. The summed E-state index contributed by atoms with van der Waals surface area (Å²) in [5, 5.41) is 0.867. The maximum Gasteiger partial charge on any atom is 0.166 e. The van der Waals surface area contributed by atoms with Crippen molar-refractivity contribution in [1.29, 1.82) is 0 Å². The first-order chi connectivity index (χ1) is 15.1. The third-order valence-corrected chi connectivity index (χ3v) is 4.66. The molecule has 0 saturated heterocycles. The molecule has 31 heavy (non-hydrogen) atoms. The van der Waals surface area contributed by atoms with Crippen LogP contribution in [-0.2, 0) is 0 Å². The summed E-state index contributed by atoms with van der Waals surface area (Å²) in [6.45, 7) is 2.59. The molecule has 0 atom stereocenters. The van der Waals surface area contributed by atoms with Gasteiger partial charge in [0.05, 0.1) is 6.61 Å². The second kappa shape index (κ2) is 9.16. The van der Waals surface area contributed by atoms with Gasteiger partial charge < -0.3 is 4.74 Å². The van der Waals surface area contributed by atoms with Crippen LogP contribution >= 0.6 is 0 Å². The van der Waals surface area contributed by atoms with Crippen molar-refractivity contribution in [2.45, 2.75) is 6.92 Å². The molecule has 0 spiro atoms. The van der Waals surface area contributed by atoms with Crippen LogP contribution < -0.4 is 4.74 Å². The summed E-state index contributed by atoms with van der Waals surface area (Å²) < 4.78 is 32.6. The summed E-state index contributed by atoms with van der Waals surface area (Å²) in [5.41, 5.74) is 3.39. The number of halogens is 2. The standard InChI is InChI=1S/C28H18F2O/c1-2-31-25-15-11-22(12-16-25)8-7-20-3-5-21(6-4-20)9-10-23-13-17-26-24(19-23)14-18-27(29)28(26)30/h3-6,11-19H,2H2,1H3. The number of ether oxygens (including phenoxy) is 1. The van der Waals surface area contributed by atoms with Crippen molar-refractivity contribution in [1.82, 2.24) is 0 Å². The lowest BCUT2D eigenvalue weighted by Gasteiger charge is -2.01. The molecule has 0 heterocycles. The van der Waals surface area contributed by atoms with E-state index in [1.54, 1.807) is 24.3 Å². The van der Waals surface area contributed by atoms with Crippen LogP contribution in [-0.4, -0.2) is 6.61 Å². The summed E-state index contributed by atoms with van der Waals surface area (Å²) in [6, 6.07) is 23.0. The van der Waals surface area contributed by atoms with E-state index in [0.29, 0.717) is 12.0 Å². The van der Waals surface area contributed by atoms with Crippen LogP contribution in [0.25, 0.3) is 10.8 Å². The van der Waals surface area contributed by atoms with E-state index in [0.717, 1.165) is 34.1 Å². The summed E-state index contributed by atoms with van der Waals surface area (Å²) in [4.78, 5) is 0. The van der Waals surface area contributed by atoms with Crippen LogP contribution in [0.1, 0.15) is 29.2 Å². The summed E-state index contributed by atoms with van der Waals surface area (Å²) >= 11 is 0. The first-order valence-corrected chi connectivity index (χ1v) is 9.87. The Bertz CT molecular complexity index is 1350. The molecule has 0 bridgehead atoms. The minimum atomic E-state index is -0.850. The van der Waals surface area contributed by atoms with Gasteiger partial charge in [-0.25, -0.2) is 8.78 Å². The van der Waals surface area contributed by atoms with Gasteiger partial charge in [0, 0.05) is 27.6 Å². The monoisotopic (exact) mass is 408 g/mol. The molecule has 0 aliphatic rings. The number of hydrogen-bond donors (Lipinski definition) is 0. The molecule has 4 aromatic rings. The topological polar surface area (TPSA) is 9.23 Å². The molecule has 0 radical (unpaired) electrons. The SMILES string of the molecule is CCOc1ccc(C#Cc2ccc(C#Cc3ccc4c(F)c(F)ccc4c3)cc2)cc1. The highest BCUT2D eigenvalue weighted by molar-refractivity contribution is 5.84. The zero-order valence-electron chi connectivity index (χ0n) is 16.9. The van der Waals surface area contributed by atoms with Crippen LogP contribution in [0.15, 0.2) is 78.9 Å². The van der Waals surface area contributed by atoms with E-state index < -0.39 is 11.6 Å².